The van der Waals surface area contributed by atoms with Crippen molar-refractivity contribution in [2.24, 2.45) is 11.8 Å². The van der Waals surface area contributed by atoms with Crippen LogP contribution in [0, 0.1) is 11.8 Å². The molecule has 2 heteroatoms. The monoisotopic (exact) mass is 272 g/mol. The molecule has 2 saturated carbocycles. The number of phenolic OH excluding ortho intramolecular Hbond substituents is 1. The van der Waals surface area contributed by atoms with E-state index >= 15 is 0 Å². The summed E-state index contributed by atoms with van der Waals surface area (Å²) in [7, 11) is 1.66. The molecule has 1 unspecified atom stereocenters. The van der Waals surface area contributed by atoms with Crippen molar-refractivity contribution in [2.75, 3.05) is 7.11 Å². The lowest BCUT2D eigenvalue weighted by molar-refractivity contribution is 0.0498. The highest BCUT2D eigenvalue weighted by Gasteiger charge is 2.52. The van der Waals surface area contributed by atoms with Crippen LogP contribution in [0.4, 0.5) is 0 Å². The number of phenols is 1. The fourth-order valence-corrected chi connectivity index (χ4v) is 5.61. The first-order valence-electron chi connectivity index (χ1n) is 8.15. The van der Waals surface area contributed by atoms with Gasteiger partial charge in [0.2, 0.25) is 0 Å². The lowest BCUT2D eigenvalue weighted by atomic mass is 9.49. The van der Waals surface area contributed by atoms with Crippen LogP contribution in [0.1, 0.15) is 56.1 Å². The SMILES string of the molecule is COc1ccc2c(c1O)[C@@]13CCCCC1[C@H](CCC3)C2. The molecule has 20 heavy (non-hydrogen) atoms. The standard InChI is InChI=1S/C18H24O2/c1-20-15-8-7-13-11-12-5-4-10-18(16(13)17(15)19)9-3-2-6-14(12)18/h7-8,12,14,19H,2-6,9-11H2,1H3/t12-,14?,18-/m1/s1. The predicted octanol–water partition coefficient (Wildman–Crippen LogP) is 4.19. The second-order valence-corrected chi connectivity index (χ2v) is 7.02. The van der Waals surface area contributed by atoms with Crippen LogP contribution in [-0.4, -0.2) is 12.2 Å². The van der Waals surface area contributed by atoms with E-state index in [1.165, 1.54) is 62.5 Å². The topological polar surface area (TPSA) is 29.5 Å². The normalized spacial score (nSPS) is 35.0. The van der Waals surface area contributed by atoms with Crippen molar-refractivity contribution in [3.05, 3.63) is 23.3 Å². The van der Waals surface area contributed by atoms with Crippen molar-refractivity contribution in [1.82, 2.24) is 0 Å². The lowest BCUT2D eigenvalue weighted by Gasteiger charge is -2.55. The minimum absolute atomic E-state index is 0.257. The summed E-state index contributed by atoms with van der Waals surface area (Å²) in [6, 6.07) is 4.16. The second-order valence-electron chi connectivity index (χ2n) is 7.02. The molecule has 108 valence electrons. The summed E-state index contributed by atoms with van der Waals surface area (Å²) < 4.78 is 5.38. The highest BCUT2D eigenvalue weighted by Crippen LogP contribution is 2.61. The first-order valence-corrected chi connectivity index (χ1v) is 8.15. The van der Waals surface area contributed by atoms with Gasteiger partial charge in [0, 0.05) is 11.0 Å². The van der Waals surface area contributed by atoms with Gasteiger partial charge >= 0.3 is 0 Å². The molecule has 2 nitrogen and oxygen atoms in total. The van der Waals surface area contributed by atoms with Crippen LogP contribution >= 0.6 is 0 Å². The van der Waals surface area contributed by atoms with Gasteiger partial charge in [-0.15, -0.1) is 0 Å². The summed E-state index contributed by atoms with van der Waals surface area (Å²) in [5, 5.41) is 10.8. The van der Waals surface area contributed by atoms with Crippen molar-refractivity contribution in [3.63, 3.8) is 0 Å². The maximum absolute atomic E-state index is 10.8. The molecule has 0 amide bonds. The third-order valence-electron chi connectivity index (χ3n) is 6.29. The van der Waals surface area contributed by atoms with Crippen LogP contribution in [0.2, 0.25) is 0 Å². The summed E-state index contributed by atoms with van der Waals surface area (Å²) in [6.07, 6.45) is 10.5. The van der Waals surface area contributed by atoms with Crippen molar-refractivity contribution in [2.45, 2.75) is 56.8 Å². The Bertz CT molecular complexity index is 532. The number of hydrogen-bond acceptors (Lipinski definition) is 2. The number of aromatic hydroxyl groups is 1. The van der Waals surface area contributed by atoms with Gasteiger partial charge in [0.05, 0.1) is 7.11 Å². The number of ether oxygens (including phenoxy) is 1. The van der Waals surface area contributed by atoms with E-state index in [1.807, 2.05) is 6.07 Å². The molecule has 3 aliphatic rings. The molecule has 3 atom stereocenters. The molecule has 0 heterocycles. The molecule has 1 aromatic rings. The first kappa shape index (κ1) is 12.6. The van der Waals surface area contributed by atoms with Crippen molar-refractivity contribution < 1.29 is 9.84 Å². The molecular weight excluding hydrogens is 248 g/mol. The van der Waals surface area contributed by atoms with Crippen LogP contribution in [-0.2, 0) is 11.8 Å². The third-order valence-corrected chi connectivity index (χ3v) is 6.29. The average molecular weight is 272 g/mol. The smallest absolute Gasteiger partial charge is 0.161 e. The van der Waals surface area contributed by atoms with Gasteiger partial charge in [0.1, 0.15) is 0 Å². The minimum atomic E-state index is 0.257. The van der Waals surface area contributed by atoms with Crippen LogP contribution in [0.3, 0.4) is 0 Å². The summed E-state index contributed by atoms with van der Waals surface area (Å²) in [5.41, 5.74) is 2.91. The Labute approximate surface area is 121 Å². The summed E-state index contributed by atoms with van der Waals surface area (Å²) in [6.45, 7) is 0. The molecule has 0 aromatic heterocycles. The van der Waals surface area contributed by atoms with Gasteiger partial charge in [0.25, 0.3) is 0 Å². The molecule has 3 aliphatic carbocycles. The van der Waals surface area contributed by atoms with E-state index in [4.69, 9.17) is 4.74 Å². The van der Waals surface area contributed by atoms with E-state index in [1.54, 1.807) is 7.11 Å². The zero-order chi connectivity index (χ0) is 13.7. The molecule has 0 aliphatic heterocycles. The van der Waals surface area contributed by atoms with Crippen LogP contribution < -0.4 is 4.74 Å². The van der Waals surface area contributed by atoms with Gasteiger partial charge in [-0.05, 0) is 55.6 Å². The molecule has 2 bridgehead atoms. The second kappa shape index (κ2) is 4.41. The van der Waals surface area contributed by atoms with E-state index in [9.17, 15) is 5.11 Å². The molecule has 2 fully saturated rings. The van der Waals surface area contributed by atoms with Crippen molar-refractivity contribution >= 4 is 0 Å². The maximum Gasteiger partial charge on any atom is 0.161 e. The number of benzene rings is 1. The quantitative estimate of drug-likeness (QED) is 0.831. The van der Waals surface area contributed by atoms with Gasteiger partial charge in [-0.25, -0.2) is 0 Å². The Morgan fingerprint density at radius 2 is 2.00 bits per heavy atom. The molecular formula is C18H24O2. The Kier molecular flexibility index (Phi) is 2.77. The fourth-order valence-electron chi connectivity index (χ4n) is 5.61. The number of hydrogen-bond donors (Lipinski definition) is 1. The largest absolute Gasteiger partial charge is 0.504 e. The number of methoxy groups -OCH3 is 1. The van der Waals surface area contributed by atoms with Crippen LogP contribution in [0.25, 0.3) is 0 Å². The van der Waals surface area contributed by atoms with E-state index in [0.29, 0.717) is 11.5 Å². The van der Waals surface area contributed by atoms with Crippen LogP contribution in [0.5, 0.6) is 11.5 Å². The van der Waals surface area contributed by atoms with E-state index < -0.39 is 0 Å². The number of rotatable bonds is 1. The third kappa shape index (κ3) is 1.51. The van der Waals surface area contributed by atoms with Gasteiger partial charge < -0.3 is 9.84 Å². The summed E-state index contributed by atoms with van der Waals surface area (Å²) >= 11 is 0. The Balaban J connectivity index is 1.94. The highest BCUT2D eigenvalue weighted by atomic mass is 16.5. The molecule has 4 rings (SSSR count). The molecule has 0 saturated heterocycles. The Hall–Kier alpha value is -1.18. The summed E-state index contributed by atoms with van der Waals surface area (Å²) in [5.74, 6) is 2.75. The molecule has 0 radical (unpaired) electrons. The molecule has 0 spiro atoms. The molecule has 1 N–H and O–H groups in total. The van der Waals surface area contributed by atoms with E-state index in [-0.39, 0.29) is 5.41 Å². The zero-order valence-electron chi connectivity index (χ0n) is 12.3. The van der Waals surface area contributed by atoms with Crippen molar-refractivity contribution in [1.29, 1.82) is 0 Å². The van der Waals surface area contributed by atoms with Gasteiger partial charge in [-0.3, -0.25) is 0 Å². The average Bonchev–Trinajstić information content (AvgIpc) is 2.47. The Morgan fingerprint density at radius 1 is 1.15 bits per heavy atom. The zero-order valence-corrected chi connectivity index (χ0v) is 12.3. The first-order chi connectivity index (χ1) is 9.76. The summed E-state index contributed by atoms with van der Waals surface area (Å²) in [4.78, 5) is 0. The highest BCUT2D eigenvalue weighted by molar-refractivity contribution is 5.55. The maximum atomic E-state index is 10.8. The van der Waals surface area contributed by atoms with Crippen molar-refractivity contribution in [3.8, 4) is 11.5 Å². The van der Waals surface area contributed by atoms with E-state index in [0.717, 1.165) is 11.8 Å². The van der Waals surface area contributed by atoms with Crippen LogP contribution in [0.15, 0.2) is 12.1 Å². The van der Waals surface area contributed by atoms with Gasteiger partial charge in [0.15, 0.2) is 11.5 Å². The lowest BCUT2D eigenvalue weighted by Crippen LogP contribution is -2.49. The van der Waals surface area contributed by atoms with Gasteiger partial charge in [-0.1, -0.05) is 25.3 Å². The molecule has 1 aromatic carbocycles. The predicted molar refractivity (Wildman–Crippen MR) is 79.3 cm³/mol. The minimum Gasteiger partial charge on any atom is -0.504 e. The Morgan fingerprint density at radius 3 is 2.85 bits per heavy atom. The van der Waals surface area contributed by atoms with Gasteiger partial charge in [-0.2, -0.15) is 0 Å². The fraction of sp³-hybridized carbons (Fsp3) is 0.667. The number of fused-ring (bicyclic) bond motifs is 1. The van der Waals surface area contributed by atoms with E-state index in [2.05, 4.69) is 6.07 Å².